The summed E-state index contributed by atoms with van der Waals surface area (Å²) in [7, 11) is 0. The van der Waals surface area contributed by atoms with Crippen LogP contribution >= 0.6 is 23.1 Å². The topological polar surface area (TPSA) is 42.0 Å². The number of carbonyl (C=O) groups excluding carboxylic acids is 1. The van der Waals surface area contributed by atoms with Crippen LogP contribution in [0.1, 0.15) is 16.1 Å². The molecule has 3 nitrogen and oxygen atoms in total. The molecule has 0 bridgehead atoms. The molecule has 88 valence electrons. The Kier molecular flexibility index (Phi) is 4.17. The van der Waals surface area contributed by atoms with Gasteiger partial charge >= 0.3 is 0 Å². The first kappa shape index (κ1) is 12.1. The Labute approximate surface area is 108 Å². The van der Waals surface area contributed by atoms with Crippen molar-refractivity contribution in [3.63, 3.8) is 0 Å². The van der Waals surface area contributed by atoms with Crippen molar-refractivity contribution in [2.75, 3.05) is 11.6 Å². The van der Waals surface area contributed by atoms with E-state index in [0.717, 1.165) is 17.0 Å². The van der Waals surface area contributed by atoms with Gasteiger partial charge in [-0.1, -0.05) is 18.2 Å². The van der Waals surface area contributed by atoms with Gasteiger partial charge in [0.05, 0.1) is 5.51 Å². The minimum atomic E-state index is -0.153. The molecule has 1 amide bonds. The van der Waals surface area contributed by atoms with Crippen LogP contribution in [-0.2, 0) is 5.75 Å². The fraction of sp³-hybridized carbons (Fsp3) is 0.167. The molecule has 0 fully saturated rings. The third-order valence-corrected chi connectivity index (χ3v) is 3.42. The fourth-order valence-corrected chi connectivity index (χ4v) is 2.53. The van der Waals surface area contributed by atoms with E-state index in [-0.39, 0.29) is 5.91 Å². The van der Waals surface area contributed by atoms with Gasteiger partial charge in [-0.3, -0.25) is 4.79 Å². The first-order valence-corrected chi connectivity index (χ1v) is 7.41. The highest BCUT2D eigenvalue weighted by Gasteiger charge is 2.09. The Hall–Kier alpha value is -1.33. The molecule has 17 heavy (non-hydrogen) atoms. The van der Waals surface area contributed by atoms with Crippen LogP contribution in [0.2, 0.25) is 0 Å². The number of para-hydroxylation sites is 1. The Morgan fingerprint density at radius 3 is 3.00 bits per heavy atom. The van der Waals surface area contributed by atoms with E-state index in [1.165, 1.54) is 11.3 Å². The number of benzene rings is 1. The van der Waals surface area contributed by atoms with Crippen LogP contribution in [0, 0.1) is 0 Å². The fourth-order valence-electron chi connectivity index (χ4n) is 1.43. The molecule has 0 saturated carbocycles. The van der Waals surface area contributed by atoms with Crippen molar-refractivity contribution >= 4 is 34.7 Å². The number of nitrogens with one attached hydrogen (secondary N) is 1. The number of hydrogen-bond donors (Lipinski definition) is 1. The first-order valence-electron chi connectivity index (χ1n) is 5.07. The van der Waals surface area contributed by atoms with Crippen molar-refractivity contribution in [2.45, 2.75) is 5.75 Å². The summed E-state index contributed by atoms with van der Waals surface area (Å²) in [6.07, 6.45) is 2.04. The number of anilines is 1. The average molecular weight is 264 g/mol. The molecule has 0 aliphatic carbocycles. The van der Waals surface area contributed by atoms with Crippen molar-refractivity contribution in [1.82, 2.24) is 4.98 Å². The van der Waals surface area contributed by atoms with Gasteiger partial charge in [-0.25, -0.2) is 4.98 Å². The lowest BCUT2D eigenvalue weighted by atomic mass is 10.2. The van der Waals surface area contributed by atoms with E-state index >= 15 is 0 Å². The van der Waals surface area contributed by atoms with Gasteiger partial charge in [0, 0.05) is 16.8 Å². The van der Waals surface area contributed by atoms with Crippen LogP contribution in [-0.4, -0.2) is 17.1 Å². The lowest BCUT2D eigenvalue weighted by molar-refractivity contribution is 0.102. The summed E-state index contributed by atoms with van der Waals surface area (Å²) < 4.78 is 0. The molecule has 0 atom stereocenters. The molecular weight excluding hydrogens is 252 g/mol. The number of thioether (sulfide) groups is 1. The normalized spacial score (nSPS) is 10.2. The lowest BCUT2D eigenvalue weighted by Crippen LogP contribution is -2.13. The predicted octanol–water partition coefficient (Wildman–Crippen LogP) is 3.26. The zero-order valence-electron chi connectivity index (χ0n) is 9.34. The zero-order valence-corrected chi connectivity index (χ0v) is 11.0. The van der Waals surface area contributed by atoms with Crippen LogP contribution in [0.15, 0.2) is 35.2 Å². The monoisotopic (exact) mass is 264 g/mol. The minimum Gasteiger partial charge on any atom is -0.320 e. The number of hydrogen-bond acceptors (Lipinski definition) is 4. The van der Waals surface area contributed by atoms with Crippen LogP contribution in [0.3, 0.4) is 0 Å². The second-order valence-corrected chi connectivity index (χ2v) is 5.00. The highest BCUT2D eigenvalue weighted by molar-refractivity contribution is 7.97. The number of aromatic nitrogens is 1. The summed E-state index contributed by atoms with van der Waals surface area (Å²) in [5.74, 6) is 0.729. The van der Waals surface area contributed by atoms with Gasteiger partial charge in [0.25, 0.3) is 5.91 Å². The second-order valence-electron chi connectivity index (χ2n) is 3.42. The molecule has 1 aromatic heterocycles. The van der Waals surface area contributed by atoms with Crippen LogP contribution in [0.4, 0.5) is 5.69 Å². The number of thiazole rings is 1. The number of nitrogens with zero attached hydrogens (tertiary/aromatic N) is 1. The molecule has 0 aliphatic rings. The van der Waals surface area contributed by atoms with Crippen molar-refractivity contribution in [3.05, 3.63) is 46.4 Å². The van der Waals surface area contributed by atoms with Gasteiger partial charge < -0.3 is 5.32 Å². The molecule has 0 radical (unpaired) electrons. The summed E-state index contributed by atoms with van der Waals surface area (Å²) in [5.41, 5.74) is 4.11. The molecule has 0 spiro atoms. The molecule has 5 heteroatoms. The zero-order chi connectivity index (χ0) is 12.1. The predicted molar refractivity (Wildman–Crippen MR) is 73.7 cm³/mol. The maximum atomic E-state index is 11.9. The third-order valence-electron chi connectivity index (χ3n) is 2.23. The molecule has 0 saturated heterocycles. The summed E-state index contributed by atoms with van der Waals surface area (Å²) >= 11 is 3.15. The van der Waals surface area contributed by atoms with E-state index in [9.17, 15) is 4.79 Å². The minimum absolute atomic E-state index is 0.153. The van der Waals surface area contributed by atoms with Crippen LogP contribution < -0.4 is 5.32 Å². The Morgan fingerprint density at radius 1 is 1.47 bits per heavy atom. The van der Waals surface area contributed by atoms with Crippen LogP contribution in [0.5, 0.6) is 0 Å². The van der Waals surface area contributed by atoms with Gasteiger partial charge in [-0.2, -0.15) is 11.8 Å². The Morgan fingerprint density at radius 2 is 2.29 bits per heavy atom. The number of amides is 1. The Bertz CT molecular complexity index is 497. The standard InChI is InChI=1S/C12H12N2OS2/c1-16-6-9-4-2-3-5-10(9)14-12(15)11-7-17-8-13-11/h2-5,7-8H,6H2,1H3,(H,14,15). The van der Waals surface area contributed by atoms with Gasteiger partial charge in [0.1, 0.15) is 5.69 Å². The third kappa shape index (κ3) is 3.08. The summed E-state index contributed by atoms with van der Waals surface area (Å²) in [4.78, 5) is 15.8. The summed E-state index contributed by atoms with van der Waals surface area (Å²) in [6.45, 7) is 0. The van der Waals surface area contributed by atoms with E-state index in [1.807, 2.05) is 30.5 Å². The highest BCUT2D eigenvalue weighted by Crippen LogP contribution is 2.20. The maximum absolute atomic E-state index is 11.9. The van der Waals surface area contributed by atoms with Crippen molar-refractivity contribution in [2.24, 2.45) is 0 Å². The Balaban J connectivity index is 2.15. The molecule has 2 aromatic rings. The van der Waals surface area contributed by atoms with E-state index in [1.54, 1.807) is 22.7 Å². The molecule has 2 rings (SSSR count). The van der Waals surface area contributed by atoms with Crippen LogP contribution in [0.25, 0.3) is 0 Å². The van der Waals surface area contributed by atoms with Crippen molar-refractivity contribution in [3.8, 4) is 0 Å². The number of carbonyl (C=O) groups is 1. The van der Waals surface area contributed by atoms with Gasteiger partial charge in [-0.15, -0.1) is 11.3 Å². The van der Waals surface area contributed by atoms with Crippen molar-refractivity contribution in [1.29, 1.82) is 0 Å². The smallest absolute Gasteiger partial charge is 0.275 e. The largest absolute Gasteiger partial charge is 0.320 e. The van der Waals surface area contributed by atoms with Crippen molar-refractivity contribution < 1.29 is 4.79 Å². The van der Waals surface area contributed by atoms with Gasteiger partial charge in [-0.05, 0) is 17.9 Å². The molecule has 0 unspecified atom stereocenters. The lowest BCUT2D eigenvalue weighted by Gasteiger charge is -2.08. The first-order chi connectivity index (χ1) is 8.31. The van der Waals surface area contributed by atoms with E-state index in [0.29, 0.717) is 5.69 Å². The average Bonchev–Trinajstić information content (AvgIpc) is 2.85. The molecule has 1 heterocycles. The summed E-state index contributed by atoms with van der Waals surface area (Å²) in [6, 6.07) is 7.83. The SMILES string of the molecule is CSCc1ccccc1NC(=O)c1cscn1. The number of rotatable bonds is 4. The molecule has 1 aromatic carbocycles. The van der Waals surface area contributed by atoms with E-state index < -0.39 is 0 Å². The molecule has 0 aliphatic heterocycles. The molecule has 1 N–H and O–H groups in total. The van der Waals surface area contributed by atoms with Gasteiger partial charge in [0.2, 0.25) is 0 Å². The maximum Gasteiger partial charge on any atom is 0.275 e. The second kappa shape index (κ2) is 5.84. The quantitative estimate of drug-likeness (QED) is 0.921. The van der Waals surface area contributed by atoms with E-state index in [2.05, 4.69) is 10.3 Å². The van der Waals surface area contributed by atoms with E-state index in [4.69, 9.17) is 0 Å². The molecular formula is C12H12N2OS2. The highest BCUT2D eigenvalue weighted by atomic mass is 32.2. The van der Waals surface area contributed by atoms with Gasteiger partial charge in [0.15, 0.2) is 0 Å². The summed E-state index contributed by atoms with van der Waals surface area (Å²) in [5, 5.41) is 4.63.